The maximum Gasteiger partial charge on any atom is 0.251 e. The van der Waals surface area contributed by atoms with E-state index in [9.17, 15) is 4.79 Å². The molecule has 0 spiro atoms. The highest BCUT2D eigenvalue weighted by molar-refractivity contribution is 5.95. The van der Waals surface area contributed by atoms with Gasteiger partial charge in [0.1, 0.15) is 11.5 Å². The van der Waals surface area contributed by atoms with E-state index in [1.165, 1.54) is 0 Å². The molecule has 1 amide bonds. The van der Waals surface area contributed by atoms with Gasteiger partial charge >= 0.3 is 0 Å². The molecular formula is C14H22N2O3. The van der Waals surface area contributed by atoms with Gasteiger partial charge in [0, 0.05) is 24.2 Å². The molecule has 1 rings (SSSR count). The summed E-state index contributed by atoms with van der Waals surface area (Å²) in [4.78, 5) is 12.0. The van der Waals surface area contributed by atoms with Crippen molar-refractivity contribution in [3.8, 4) is 11.5 Å². The summed E-state index contributed by atoms with van der Waals surface area (Å²) in [7, 11) is 3.10. The van der Waals surface area contributed by atoms with Crippen molar-refractivity contribution < 1.29 is 14.3 Å². The van der Waals surface area contributed by atoms with E-state index in [-0.39, 0.29) is 11.9 Å². The van der Waals surface area contributed by atoms with Gasteiger partial charge < -0.3 is 20.5 Å². The Hall–Kier alpha value is -1.75. The second-order valence-corrected chi connectivity index (χ2v) is 4.36. The first-order valence-corrected chi connectivity index (χ1v) is 6.37. The number of nitrogens with two attached hydrogens (primary N) is 1. The van der Waals surface area contributed by atoms with Gasteiger partial charge in [-0.3, -0.25) is 4.79 Å². The van der Waals surface area contributed by atoms with Crippen LogP contribution >= 0.6 is 0 Å². The molecule has 5 heteroatoms. The first-order chi connectivity index (χ1) is 9.10. The van der Waals surface area contributed by atoms with Gasteiger partial charge in [-0.15, -0.1) is 0 Å². The third-order valence-electron chi connectivity index (χ3n) is 2.80. The van der Waals surface area contributed by atoms with Crippen LogP contribution in [0.2, 0.25) is 0 Å². The Morgan fingerprint density at radius 3 is 2.32 bits per heavy atom. The summed E-state index contributed by atoms with van der Waals surface area (Å²) in [6.45, 7) is 2.53. The molecule has 0 bridgehead atoms. The topological polar surface area (TPSA) is 73.6 Å². The molecule has 0 heterocycles. The molecular weight excluding hydrogens is 244 g/mol. The molecule has 0 aromatic heterocycles. The lowest BCUT2D eigenvalue weighted by Crippen LogP contribution is -2.37. The zero-order chi connectivity index (χ0) is 14.3. The first kappa shape index (κ1) is 15.3. The summed E-state index contributed by atoms with van der Waals surface area (Å²) in [6.07, 6.45) is 1.89. The number of rotatable bonds is 7. The summed E-state index contributed by atoms with van der Waals surface area (Å²) >= 11 is 0. The van der Waals surface area contributed by atoms with Crippen LogP contribution in [0.15, 0.2) is 18.2 Å². The van der Waals surface area contributed by atoms with Crippen molar-refractivity contribution in [1.82, 2.24) is 5.32 Å². The number of nitrogens with one attached hydrogen (secondary N) is 1. The van der Waals surface area contributed by atoms with E-state index >= 15 is 0 Å². The van der Waals surface area contributed by atoms with E-state index in [0.29, 0.717) is 23.6 Å². The number of methoxy groups -OCH3 is 2. The molecule has 0 fully saturated rings. The fraction of sp³-hybridized carbons (Fsp3) is 0.500. The number of carbonyl (C=O) groups is 1. The van der Waals surface area contributed by atoms with Gasteiger partial charge in [0.2, 0.25) is 0 Å². The van der Waals surface area contributed by atoms with Crippen molar-refractivity contribution in [3.63, 3.8) is 0 Å². The maximum atomic E-state index is 12.0. The molecule has 0 aliphatic carbocycles. The van der Waals surface area contributed by atoms with Crippen molar-refractivity contribution in [2.45, 2.75) is 25.8 Å². The monoisotopic (exact) mass is 266 g/mol. The average Bonchev–Trinajstić information content (AvgIpc) is 2.44. The van der Waals surface area contributed by atoms with Crippen LogP contribution in [-0.2, 0) is 0 Å². The summed E-state index contributed by atoms with van der Waals surface area (Å²) in [6, 6.07) is 5.05. The Balaban J connectivity index is 2.70. The van der Waals surface area contributed by atoms with Gasteiger partial charge in [0.15, 0.2) is 0 Å². The second-order valence-electron chi connectivity index (χ2n) is 4.36. The molecule has 1 unspecified atom stereocenters. The van der Waals surface area contributed by atoms with Crippen LogP contribution in [0.1, 0.15) is 30.1 Å². The van der Waals surface area contributed by atoms with Crippen LogP contribution in [0.5, 0.6) is 11.5 Å². The minimum Gasteiger partial charge on any atom is -0.497 e. The Morgan fingerprint density at radius 2 is 1.84 bits per heavy atom. The third-order valence-corrected chi connectivity index (χ3v) is 2.80. The highest BCUT2D eigenvalue weighted by Crippen LogP contribution is 2.22. The Morgan fingerprint density at radius 1 is 1.26 bits per heavy atom. The van der Waals surface area contributed by atoms with Crippen molar-refractivity contribution in [3.05, 3.63) is 23.8 Å². The SMILES string of the molecule is CCCC(N)CNC(=O)c1cc(OC)cc(OC)c1. The van der Waals surface area contributed by atoms with Crippen LogP contribution in [0.4, 0.5) is 0 Å². The predicted octanol–water partition coefficient (Wildman–Crippen LogP) is 1.56. The quantitative estimate of drug-likeness (QED) is 0.785. The molecule has 0 saturated heterocycles. The lowest BCUT2D eigenvalue weighted by molar-refractivity contribution is 0.0950. The molecule has 19 heavy (non-hydrogen) atoms. The Kier molecular flexibility index (Phi) is 6.15. The summed E-state index contributed by atoms with van der Waals surface area (Å²) < 4.78 is 10.3. The van der Waals surface area contributed by atoms with Crippen molar-refractivity contribution in [1.29, 1.82) is 0 Å². The van der Waals surface area contributed by atoms with Crippen LogP contribution in [0, 0.1) is 0 Å². The van der Waals surface area contributed by atoms with Gasteiger partial charge in [-0.1, -0.05) is 13.3 Å². The third kappa shape index (κ3) is 4.79. The molecule has 1 atom stereocenters. The lowest BCUT2D eigenvalue weighted by atomic mass is 10.1. The van der Waals surface area contributed by atoms with E-state index in [2.05, 4.69) is 12.2 Å². The van der Waals surface area contributed by atoms with E-state index in [0.717, 1.165) is 12.8 Å². The minimum atomic E-state index is -0.177. The van der Waals surface area contributed by atoms with Gasteiger partial charge in [-0.2, -0.15) is 0 Å². The molecule has 5 nitrogen and oxygen atoms in total. The van der Waals surface area contributed by atoms with Crippen LogP contribution in [-0.4, -0.2) is 32.7 Å². The lowest BCUT2D eigenvalue weighted by Gasteiger charge is -2.12. The van der Waals surface area contributed by atoms with Crippen LogP contribution in [0.25, 0.3) is 0 Å². The molecule has 0 aliphatic rings. The van der Waals surface area contributed by atoms with E-state index < -0.39 is 0 Å². The zero-order valence-corrected chi connectivity index (χ0v) is 11.7. The number of ether oxygens (including phenoxy) is 2. The number of carbonyl (C=O) groups excluding carboxylic acids is 1. The molecule has 0 radical (unpaired) electrons. The Bertz CT molecular complexity index is 399. The zero-order valence-electron chi connectivity index (χ0n) is 11.7. The Labute approximate surface area is 114 Å². The maximum absolute atomic E-state index is 12.0. The van der Waals surface area contributed by atoms with Crippen molar-refractivity contribution in [2.24, 2.45) is 5.73 Å². The molecule has 1 aromatic carbocycles. The van der Waals surface area contributed by atoms with Crippen LogP contribution < -0.4 is 20.5 Å². The standard InChI is InChI=1S/C14H22N2O3/c1-4-5-11(15)9-16-14(17)10-6-12(18-2)8-13(7-10)19-3/h6-8,11H,4-5,9,15H2,1-3H3,(H,16,17). The number of amides is 1. The van der Waals surface area contributed by atoms with E-state index in [1.807, 2.05) is 0 Å². The van der Waals surface area contributed by atoms with Gasteiger partial charge in [0.25, 0.3) is 5.91 Å². The normalized spacial score (nSPS) is 11.8. The molecule has 106 valence electrons. The number of benzene rings is 1. The summed E-state index contributed by atoms with van der Waals surface area (Å²) in [5.41, 5.74) is 6.36. The largest absolute Gasteiger partial charge is 0.497 e. The van der Waals surface area contributed by atoms with Gasteiger partial charge in [0.05, 0.1) is 14.2 Å². The minimum absolute atomic E-state index is 0.0125. The van der Waals surface area contributed by atoms with Crippen molar-refractivity contribution in [2.75, 3.05) is 20.8 Å². The molecule has 0 saturated carbocycles. The van der Waals surface area contributed by atoms with Gasteiger partial charge in [-0.05, 0) is 18.6 Å². The highest BCUT2D eigenvalue weighted by Gasteiger charge is 2.10. The highest BCUT2D eigenvalue weighted by atomic mass is 16.5. The molecule has 1 aromatic rings. The second kappa shape index (κ2) is 7.63. The first-order valence-electron chi connectivity index (χ1n) is 6.37. The fourth-order valence-electron chi connectivity index (χ4n) is 1.74. The van der Waals surface area contributed by atoms with E-state index in [1.54, 1.807) is 32.4 Å². The average molecular weight is 266 g/mol. The van der Waals surface area contributed by atoms with Crippen LogP contribution in [0.3, 0.4) is 0 Å². The number of hydrogen-bond donors (Lipinski definition) is 2. The summed E-state index contributed by atoms with van der Waals surface area (Å²) in [5.74, 6) is 0.994. The number of hydrogen-bond acceptors (Lipinski definition) is 4. The molecule has 0 aliphatic heterocycles. The van der Waals surface area contributed by atoms with Gasteiger partial charge in [-0.25, -0.2) is 0 Å². The van der Waals surface area contributed by atoms with Crippen molar-refractivity contribution >= 4 is 5.91 Å². The fourth-order valence-corrected chi connectivity index (χ4v) is 1.74. The smallest absolute Gasteiger partial charge is 0.251 e. The predicted molar refractivity (Wildman–Crippen MR) is 74.8 cm³/mol. The summed E-state index contributed by atoms with van der Waals surface area (Å²) in [5, 5.41) is 2.81. The van der Waals surface area contributed by atoms with E-state index in [4.69, 9.17) is 15.2 Å². The molecule has 3 N–H and O–H groups in total.